The minimum Gasteiger partial charge on any atom is -0.207 e. The summed E-state index contributed by atoms with van der Waals surface area (Å²) in [6.45, 7) is 0.281. The van der Waals surface area contributed by atoms with E-state index < -0.39 is 10.0 Å². The van der Waals surface area contributed by atoms with Gasteiger partial charge in [-0.25, -0.2) is 8.42 Å². The van der Waals surface area contributed by atoms with Gasteiger partial charge in [-0.15, -0.1) is 0 Å². The van der Waals surface area contributed by atoms with E-state index in [-0.39, 0.29) is 17.0 Å². The number of halogens is 1. The number of nitrogens with zero attached hydrogens (tertiary/aromatic N) is 2. The predicted molar refractivity (Wildman–Crippen MR) is 81.8 cm³/mol. The van der Waals surface area contributed by atoms with Crippen LogP contribution in [0.4, 0.5) is 0 Å². The SMILES string of the molecule is CN(Cc1ccsc1)S(=O)(=O)c1cc(Br)ccc1C#N. The van der Waals surface area contributed by atoms with Crippen LogP contribution in [0.2, 0.25) is 0 Å². The third-order valence-corrected chi connectivity index (χ3v) is 5.81. The Morgan fingerprint density at radius 3 is 2.75 bits per heavy atom. The first-order chi connectivity index (χ1) is 9.45. The van der Waals surface area contributed by atoms with Gasteiger partial charge in [0.1, 0.15) is 11.0 Å². The lowest BCUT2D eigenvalue weighted by molar-refractivity contribution is 0.467. The zero-order valence-electron chi connectivity index (χ0n) is 10.6. The number of rotatable bonds is 4. The highest BCUT2D eigenvalue weighted by Crippen LogP contribution is 2.24. The Morgan fingerprint density at radius 2 is 2.15 bits per heavy atom. The van der Waals surface area contributed by atoms with E-state index in [2.05, 4.69) is 15.9 Å². The summed E-state index contributed by atoms with van der Waals surface area (Å²) in [6.07, 6.45) is 0. The number of hydrogen-bond acceptors (Lipinski definition) is 4. The summed E-state index contributed by atoms with van der Waals surface area (Å²) in [5, 5.41) is 12.9. The number of benzene rings is 1. The van der Waals surface area contributed by atoms with E-state index in [0.29, 0.717) is 4.47 Å². The summed E-state index contributed by atoms with van der Waals surface area (Å²) in [5.41, 5.74) is 1.07. The van der Waals surface area contributed by atoms with Gasteiger partial charge < -0.3 is 0 Å². The normalized spacial score (nSPS) is 11.5. The Labute approximate surface area is 130 Å². The molecule has 0 spiro atoms. The van der Waals surface area contributed by atoms with Crippen molar-refractivity contribution in [3.05, 3.63) is 50.6 Å². The molecule has 0 aliphatic rings. The van der Waals surface area contributed by atoms with Crippen LogP contribution in [0.15, 0.2) is 44.4 Å². The van der Waals surface area contributed by atoms with Crippen molar-refractivity contribution < 1.29 is 8.42 Å². The lowest BCUT2D eigenvalue weighted by Crippen LogP contribution is -2.27. The maximum Gasteiger partial charge on any atom is 0.244 e. The van der Waals surface area contributed by atoms with Crippen molar-refractivity contribution in [3.8, 4) is 6.07 Å². The average molecular weight is 371 g/mol. The fraction of sp³-hybridized carbons (Fsp3) is 0.154. The molecule has 0 bridgehead atoms. The molecule has 1 aromatic carbocycles. The molecule has 0 unspecified atom stereocenters. The van der Waals surface area contributed by atoms with Crippen molar-refractivity contribution in [1.82, 2.24) is 4.31 Å². The van der Waals surface area contributed by atoms with E-state index in [0.717, 1.165) is 5.56 Å². The molecule has 1 aromatic heterocycles. The van der Waals surface area contributed by atoms with Crippen LogP contribution in [0.5, 0.6) is 0 Å². The Hall–Kier alpha value is -1.20. The zero-order valence-corrected chi connectivity index (χ0v) is 13.8. The highest BCUT2D eigenvalue weighted by atomic mass is 79.9. The van der Waals surface area contributed by atoms with Gasteiger partial charge in [-0.3, -0.25) is 0 Å². The van der Waals surface area contributed by atoms with Crippen LogP contribution in [0, 0.1) is 11.3 Å². The topological polar surface area (TPSA) is 61.2 Å². The molecule has 20 heavy (non-hydrogen) atoms. The number of nitriles is 1. The fourth-order valence-electron chi connectivity index (χ4n) is 1.69. The first-order valence-corrected chi connectivity index (χ1v) is 8.80. The van der Waals surface area contributed by atoms with Crippen molar-refractivity contribution in [3.63, 3.8) is 0 Å². The Morgan fingerprint density at radius 1 is 1.40 bits per heavy atom. The second kappa shape index (κ2) is 6.06. The third kappa shape index (κ3) is 3.10. The molecular weight excluding hydrogens is 360 g/mol. The van der Waals surface area contributed by atoms with Crippen LogP contribution >= 0.6 is 27.3 Å². The molecular formula is C13H11BrN2O2S2. The van der Waals surface area contributed by atoms with Crippen molar-refractivity contribution in [2.75, 3.05) is 7.05 Å². The molecule has 0 amide bonds. The monoisotopic (exact) mass is 370 g/mol. The van der Waals surface area contributed by atoms with Crippen molar-refractivity contribution >= 4 is 37.3 Å². The molecule has 0 N–H and O–H groups in total. The van der Waals surface area contributed by atoms with Gasteiger partial charge in [0, 0.05) is 18.1 Å². The number of sulfonamides is 1. The molecule has 4 nitrogen and oxygen atoms in total. The number of thiophene rings is 1. The van der Waals surface area contributed by atoms with Gasteiger partial charge in [0.15, 0.2) is 0 Å². The first-order valence-electron chi connectivity index (χ1n) is 5.62. The predicted octanol–water partition coefficient (Wildman–Crippen LogP) is 3.20. The maximum absolute atomic E-state index is 12.5. The Kier molecular flexibility index (Phi) is 4.60. The van der Waals surface area contributed by atoms with Crippen molar-refractivity contribution in [2.45, 2.75) is 11.4 Å². The summed E-state index contributed by atoms with van der Waals surface area (Å²) in [4.78, 5) is 0.0205. The van der Waals surface area contributed by atoms with Gasteiger partial charge in [-0.05, 0) is 40.6 Å². The van der Waals surface area contributed by atoms with Crippen LogP contribution < -0.4 is 0 Å². The average Bonchev–Trinajstić information content (AvgIpc) is 2.91. The van der Waals surface area contributed by atoms with Crippen LogP contribution in [-0.4, -0.2) is 19.8 Å². The van der Waals surface area contributed by atoms with Gasteiger partial charge in [0.05, 0.1) is 5.56 Å². The fourth-order valence-corrected chi connectivity index (χ4v) is 4.19. The lowest BCUT2D eigenvalue weighted by atomic mass is 10.2. The smallest absolute Gasteiger partial charge is 0.207 e. The highest BCUT2D eigenvalue weighted by molar-refractivity contribution is 9.10. The summed E-state index contributed by atoms with van der Waals surface area (Å²) in [5.74, 6) is 0. The van der Waals surface area contributed by atoms with Gasteiger partial charge in [-0.1, -0.05) is 15.9 Å². The summed E-state index contributed by atoms with van der Waals surface area (Å²) < 4.78 is 27.0. The second-order valence-electron chi connectivity index (χ2n) is 4.14. The van der Waals surface area contributed by atoms with E-state index in [1.54, 1.807) is 6.07 Å². The highest BCUT2D eigenvalue weighted by Gasteiger charge is 2.24. The maximum atomic E-state index is 12.5. The molecule has 0 aliphatic heterocycles. The molecule has 0 atom stereocenters. The van der Waals surface area contributed by atoms with E-state index in [1.807, 2.05) is 22.9 Å². The van der Waals surface area contributed by atoms with Gasteiger partial charge in [-0.2, -0.15) is 20.9 Å². The van der Waals surface area contributed by atoms with E-state index in [1.165, 1.54) is 34.8 Å². The minimum atomic E-state index is -3.69. The number of hydrogen-bond donors (Lipinski definition) is 0. The molecule has 0 saturated carbocycles. The molecule has 104 valence electrons. The van der Waals surface area contributed by atoms with E-state index in [4.69, 9.17) is 5.26 Å². The van der Waals surface area contributed by atoms with Crippen LogP contribution in [0.3, 0.4) is 0 Å². The molecule has 0 fully saturated rings. The quantitative estimate of drug-likeness (QED) is 0.829. The van der Waals surface area contributed by atoms with Gasteiger partial charge in [0.2, 0.25) is 10.0 Å². The zero-order chi connectivity index (χ0) is 14.8. The summed E-state index contributed by atoms with van der Waals surface area (Å²) in [7, 11) is -2.19. The van der Waals surface area contributed by atoms with E-state index >= 15 is 0 Å². The van der Waals surface area contributed by atoms with E-state index in [9.17, 15) is 8.42 Å². The molecule has 0 saturated heterocycles. The van der Waals surface area contributed by atoms with Crippen LogP contribution in [-0.2, 0) is 16.6 Å². The Bertz CT molecular complexity index is 749. The molecule has 0 aliphatic carbocycles. The van der Waals surface area contributed by atoms with Crippen LogP contribution in [0.25, 0.3) is 0 Å². The molecule has 0 radical (unpaired) electrons. The summed E-state index contributed by atoms with van der Waals surface area (Å²) in [6, 6.07) is 8.40. The molecule has 7 heteroatoms. The van der Waals surface area contributed by atoms with Crippen LogP contribution in [0.1, 0.15) is 11.1 Å². The molecule has 1 heterocycles. The molecule has 2 rings (SSSR count). The van der Waals surface area contributed by atoms with Gasteiger partial charge in [0.25, 0.3) is 0 Å². The largest absolute Gasteiger partial charge is 0.244 e. The minimum absolute atomic E-state index is 0.0205. The first kappa shape index (κ1) is 15.2. The lowest BCUT2D eigenvalue weighted by Gasteiger charge is -2.17. The second-order valence-corrected chi connectivity index (χ2v) is 7.85. The van der Waals surface area contributed by atoms with Gasteiger partial charge >= 0.3 is 0 Å². The van der Waals surface area contributed by atoms with Crippen molar-refractivity contribution in [2.24, 2.45) is 0 Å². The van der Waals surface area contributed by atoms with Crippen molar-refractivity contribution in [1.29, 1.82) is 5.26 Å². The summed E-state index contributed by atoms with van der Waals surface area (Å²) >= 11 is 4.75. The molecule has 2 aromatic rings. The standard InChI is InChI=1S/C13H11BrN2O2S2/c1-16(8-10-4-5-19-9-10)20(17,18)13-6-12(14)3-2-11(13)7-15/h2-6,9H,8H2,1H3. The third-order valence-electron chi connectivity index (χ3n) is 2.74. The Balaban J connectivity index is 2.40.